The number of hydrogen-bond acceptors (Lipinski definition) is 8. The zero-order valence-electron chi connectivity index (χ0n) is 21.8. The number of aryl methyl sites for hydroxylation is 2. The minimum Gasteiger partial charge on any atom is -0.506 e. The van der Waals surface area contributed by atoms with Gasteiger partial charge in [-0.3, -0.25) is 9.78 Å². The third kappa shape index (κ3) is 7.99. The molecule has 0 bridgehead atoms. The van der Waals surface area contributed by atoms with Crippen molar-refractivity contribution in [2.75, 3.05) is 13.6 Å². The number of aromatic hydroxyl groups is 1. The molecule has 9 heteroatoms. The normalized spacial score (nSPS) is 15.0. The maximum absolute atomic E-state index is 11.8. The van der Waals surface area contributed by atoms with E-state index in [2.05, 4.69) is 0 Å². The van der Waals surface area contributed by atoms with Crippen molar-refractivity contribution in [3.05, 3.63) is 52.3 Å². The van der Waals surface area contributed by atoms with E-state index in [-0.39, 0.29) is 12.5 Å². The van der Waals surface area contributed by atoms with Crippen molar-refractivity contribution in [2.45, 2.75) is 79.1 Å². The van der Waals surface area contributed by atoms with Crippen LogP contribution in [0, 0.1) is 19.3 Å². The number of nitrogens with zero attached hydrogens (tertiary/aromatic N) is 1. The highest BCUT2D eigenvalue weighted by Gasteiger charge is 2.27. The summed E-state index contributed by atoms with van der Waals surface area (Å²) in [6, 6.07) is 7.44. The topological polar surface area (TPSA) is 104 Å². The third-order valence-electron chi connectivity index (χ3n) is 6.32. The van der Waals surface area contributed by atoms with Gasteiger partial charge < -0.3 is 14.6 Å². The van der Waals surface area contributed by atoms with Crippen molar-refractivity contribution in [3.63, 3.8) is 0 Å². The maximum atomic E-state index is 11.8. The van der Waals surface area contributed by atoms with Gasteiger partial charge in [0, 0.05) is 22.6 Å². The lowest BCUT2D eigenvalue weighted by Gasteiger charge is -2.22. The SMILES string of the molecule is Cc1cc(OCO[P+](=O)OCOC(=O)C(C)(C)C)cc(C)c1Cc1ccc(O)c(C2CCCCC2)n1. The van der Waals surface area contributed by atoms with Gasteiger partial charge in [-0.1, -0.05) is 28.3 Å². The van der Waals surface area contributed by atoms with Crippen LogP contribution in [0.4, 0.5) is 0 Å². The Hall–Kier alpha value is -2.54. The molecule has 1 aliphatic rings. The molecule has 36 heavy (non-hydrogen) atoms. The Morgan fingerprint density at radius 2 is 1.69 bits per heavy atom. The minimum atomic E-state index is -2.49. The lowest BCUT2D eigenvalue weighted by atomic mass is 9.86. The second-order valence-electron chi connectivity index (χ2n) is 10.3. The van der Waals surface area contributed by atoms with Crippen LogP contribution in [0.5, 0.6) is 11.5 Å². The maximum Gasteiger partial charge on any atom is 0.704 e. The zero-order valence-corrected chi connectivity index (χ0v) is 22.7. The lowest BCUT2D eigenvalue weighted by molar-refractivity contribution is -0.159. The first-order chi connectivity index (χ1) is 17.0. The molecule has 1 aliphatic carbocycles. The number of carbonyl (C=O) groups excluding carboxylic acids is 1. The van der Waals surface area contributed by atoms with Gasteiger partial charge in [-0.15, -0.1) is 0 Å². The van der Waals surface area contributed by atoms with E-state index < -0.39 is 26.4 Å². The number of rotatable bonds is 10. The third-order valence-corrected chi connectivity index (χ3v) is 6.96. The van der Waals surface area contributed by atoms with E-state index in [0.29, 0.717) is 18.1 Å². The Labute approximate surface area is 214 Å². The van der Waals surface area contributed by atoms with Crippen LogP contribution in [0.3, 0.4) is 0 Å². The monoisotopic (exact) mass is 518 g/mol. The molecule has 1 N–H and O–H groups in total. The van der Waals surface area contributed by atoms with Gasteiger partial charge in [-0.2, -0.15) is 0 Å². The van der Waals surface area contributed by atoms with Gasteiger partial charge in [0.05, 0.1) is 11.1 Å². The molecule has 0 amide bonds. The Bertz CT molecular complexity index is 1050. The van der Waals surface area contributed by atoms with Crippen molar-refractivity contribution in [2.24, 2.45) is 5.41 Å². The molecule has 1 unspecified atom stereocenters. The second kappa shape index (κ2) is 12.6. The van der Waals surface area contributed by atoms with Crippen LogP contribution in [0.15, 0.2) is 24.3 Å². The van der Waals surface area contributed by atoms with Gasteiger partial charge in [-0.25, -0.2) is 0 Å². The van der Waals surface area contributed by atoms with E-state index in [4.69, 9.17) is 23.5 Å². The zero-order chi connectivity index (χ0) is 26.3. The van der Waals surface area contributed by atoms with Crippen LogP contribution >= 0.6 is 8.25 Å². The lowest BCUT2D eigenvalue weighted by Crippen LogP contribution is -2.23. The van der Waals surface area contributed by atoms with Gasteiger partial charge >= 0.3 is 14.2 Å². The first-order valence-corrected chi connectivity index (χ1v) is 13.5. The summed E-state index contributed by atoms with van der Waals surface area (Å²) in [6.45, 7) is 8.43. The van der Waals surface area contributed by atoms with Crippen molar-refractivity contribution >= 4 is 14.2 Å². The minimum absolute atomic E-state index is 0.273. The van der Waals surface area contributed by atoms with Crippen molar-refractivity contribution in [1.82, 2.24) is 4.98 Å². The molecule has 1 fully saturated rings. The molecule has 0 aliphatic heterocycles. The second-order valence-corrected chi connectivity index (χ2v) is 11.3. The molecular formula is C27H37NO7P+. The highest BCUT2D eigenvalue weighted by Crippen LogP contribution is 2.36. The van der Waals surface area contributed by atoms with Crippen LogP contribution in [0.1, 0.15) is 86.9 Å². The summed E-state index contributed by atoms with van der Waals surface area (Å²) < 4.78 is 32.2. The molecule has 8 nitrogen and oxygen atoms in total. The number of esters is 1. The fourth-order valence-electron chi connectivity index (χ4n) is 4.30. The molecule has 1 aromatic heterocycles. The summed E-state index contributed by atoms with van der Waals surface area (Å²) in [7, 11) is -2.49. The summed E-state index contributed by atoms with van der Waals surface area (Å²) in [5, 5.41) is 10.4. The fourth-order valence-corrected chi connectivity index (χ4v) is 4.65. The molecule has 1 heterocycles. The Morgan fingerprint density at radius 3 is 2.33 bits per heavy atom. The number of pyridine rings is 1. The van der Waals surface area contributed by atoms with Gasteiger partial charge in [0.2, 0.25) is 13.6 Å². The molecule has 1 aromatic carbocycles. The van der Waals surface area contributed by atoms with E-state index in [1.54, 1.807) is 26.8 Å². The first kappa shape index (κ1) is 28.0. The van der Waals surface area contributed by atoms with Crippen molar-refractivity contribution < 1.29 is 33.0 Å². The Kier molecular flexibility index (Phi) is 9.83. The molecule has 196 valence electrons. The van der Waals surface area contributed by atoms with Gasteiger partial charge in [0.25, 0.3) is 0 Å². The summed E-state index contributed by atoms with van der Waals surface area (Å²) in [4.78, 5) is 16.5. The van der Waals surface area contributed by atoms with Gasteiger partial charge in [0.1, 0.15) is 11.5 Å². The Morgan fingerprint density at radius 1 is 1.06 bits per heavy atom. The smallest absolute Gasteiger partial charge is 0.506 e. The van der Waals surface area contributed by atoms with E-state index in [1.165, 1.54) is 19.3 Å². The number of aromatic nitrogens is 1. The summed E-state index contributed by atoms with van der Waals surface area (Å²) in [5.74, 6) is 0.744. The molecular weight excluding hydrogens is 481 g/mol. The molecule has 0 radical (unpaired) electrons. The predicted octanol–water partition coefficient (Wildman–Crippen LogP) is 6.62. The van der Waals surface area contributed by atoms with Crippen LogP contribution in [-0.2, 0) is 29.6 Å². The van der Waals surface area contributed by atoms with Crippen molar-refractivity contribution in [3.8, 4) is 11.5 Å². The summed E-state index contributed by atoms with van der Waals surface area (Å²) in [5.41, 5.74) is 4.30. The average Bonchev–Trinajstić information content (AvgIpc) is 2.82. The highest BCUT2D eigenvalue weighted by molar-refractivity contribution is 7.33. The first-order valence-electron chi connectivity index (χ1n) is 12.4. The van der Waals surface area contributed by atoms with Crippen LogP contribution in [0.25, 0.3) is 0 Å². The molecule has 1 saturated carbocycles. The highest BCUT2D eigenvalue weighted by atomic mass is 31.1. The number of carbonyl (C=O) groups is 1. The fraction of sp³-hybridized carbons (Fsp3) is 0.556. The predicted molar refractivity (Wildman–Crippen MR) is 136 cm³/mol. The number of ether oxygens (including phenoxy) is 2. The largest absolute Gasteiger partial charge is 0.704 e. The summed E-state index contributed by atoms with van der Waals surface area (Å²) in [6.07, 6.45) is 6.44. The molecule has 0 saturated heterocycles. The van der Waals surface area contributed by atoms with Crippen LogP contribution in [0.2, 0.25) is 0 Å². The standard InChI is InChI=1S/C27H36NO7P/c1-18-13-22(32-16-34-36(31)35-17-33-26(30)27(3,4)5)14-19(2)23(18)15-21-11-12-24(29)25(28-21)20-9-7-6-8-10-20/h11-14,20H,6-10,15-17H2,1-5H3/p+1. The van der Waals surface area contributed by atoms with Crippen LogP contribution < -0.4 is 4.74 Å². The van der Waals surface area contributed by atoms with Gasteiger partial charge in [-0.05, 0) is 88.4 Å². The molecule has 1 atom stereocenters. The van der Waals surface area contributed by atoms with E-state index in [9.17, 15) is 14.5 Å². The molecule has 0 spiro atoms. The number of benzene rings is 1. The number of hydrogen-bond donors (Lipinski definition) is 1. The van der Waals surface area contributed by atoms with E-state index in [1.807, 2.05) is 32.0 Å². The van der Waals surface area contributed by atoms with E-state index >= 15 is 0 Å². The quantitative estimate of drug-likeness (QED) is 0.213. The summed E-state index contributed by atoms with van der Waals surface area (Å²) >= 11 is 0. The average molecular weight is 519 g/mol. The van der Waals surface area contributed by atoms with E-state index in [0.717, 1.165) is 40.9 Å². The van der Waals surface area contributed by atoms with Gasteiger partial charge in [0.15, 0.2) is 0 Å². The van der Waals surface area contributed by atoms with Crippen molar-refractivity contribution in [1.29, 1.82) is 0 Å². The van der Waals surface area contributed by atoms with Crippen LogP contribution in [-0.4, -0.2) is 29.6 Å². The Balaban J connectivity index is 1.54. The molecule has 3 rings (SSSR count). The molecule has 2 aromatic rings.